The number of carbonyl (C=O) groups excluding carboxylic acids is 1. The fraction of sp³-hybridized carbons (Fsp3) is 0.208. The Balaban J connectivity index is 1.78. The van der Waals surface area contributed by atoms with Crippen molar-refractivity contribution in [2.24, 2.45) is 0 Å². The van der Waals surface area contributed by atoms with Gasteiger partial charge in [0.05, 0.1) is 23.0 Å². The van der Waals surface area contributed by atoms with Crippen LogP contribution < -0.4 is 0 Å². The molecule has 4 aromatic rings. The van der Waals surface area contributed by atoms with Crippen LogP contribution in [-0.2, 0) is 13.1 Å². The molecule has 0 aliphatic carbocycles. The fourth-order valence-electron chi connectivity index (χ4n) is 3.68. The zero-order chi connectivity index (χ0) is 22.1. The van der Waals surface area contributed by atoms with E-state index in [4.69, 9.17) is 28.2 Å². The van der Waals surface area contributed by atoms with E-state index in [0.29, 0.717) is 33.4 Å². The first-order chi connectivity index (χ1) is 14.9. The molecule has 0 atom stereocenters. The number of fused-ring (bicyclic) bond motifs is 1. The van der Waals surface area contributed by atoms with Crippen molar-refractivity contribution in [3.05, 3.63) is 81.6 Å². The largest absolute Gasteiger partial charge is 0.337 e. The number of aromatic nitrogens is 3. The Kier molecular flexibility index (Phi) is 5.99. The van der Waals surface area contributed by atoms with Gasteiger partial charge in [-0.05, 0) is 38.1 Å². The van der Waals surface area contributed by atoms with Gasteiger partial charge in [0.1, 0.15) is 0 Å². The highest BCUT2D eigenvalue weighted by Gasteiger charge is 2.20. The van der Waals surface area contributed by atoms with E-state index in [1.165, 1.54) is 0 Å². The topological polar surface area (TPSA) is 51.0 Å². The number of aryl methyl sites for hydroxylation is 1. The first kappa shape index (κ1) is 21.3. The summed E-state index contributed by atoms with van der Waals surface area (Å²) in [4.78, 5) is 19.9. The predicted octanol–water partition coefficient (Wildman–Crippen LogP) is 6.01. The molecule has 0 unspecified atom stereocenters. The molecule has 0 aliphatic heterocycles. The molecule has 0 saturated heterocycles. The third-order valence-electron chi connectivity index (χ3n) is 5.41. The monoisotopic (exact) mass is 452 g/mol. The Labute approximate surface area is 191 Å². The maximum Gasteiger partial charge on any atom is 0.254 e. The van der Waals surface area contributed by atoms with Crippen molar-refractivity contribution in [1.82, 2.24) is 19.7 Å². The molecule has 0 radical (unpaired) electrons. The van der Waals surface area contributed by atoms with Crippen LogP contribution in [0.2, 0.25) is 10.0 Å². The highest BCUT2D eigenvalue weighted by atomic mass is 35.5. The van der Waals surface area contributed by atoms with E-state index >= 15 is 0 Å². The third kappa shape index (κ3) is 4.16. The number of rotatable bonds is 5. The average molecular weight is 453 g/mol. The summed E-state index contributed by atoms with van der Waals surface area (Å²) in [6, 6.07) is 14.6. The summed E-state index contributed by atoms with van der Waals surface area (Å²) >= 11 is 12.6. The van der Waals surface area contributed by atoms with Crippen molar-refractivity contribution < 1.29 is 4.79 Å². The normalized spacial score (nSPS) is 11.1. The molecule has 0 N–H and O–H groups in total. The van der Waals surface area contributed by atoms with Crippen LogP contribution in [0.4, 0.5) is 0 Å². The minimum absolute atomic E-state index is 0.105. The quantitative estimate of drug-likeness (QED) is 0.372. The SMILES string of the molecule is CCn1ncc(CN(C)C(=O)c2cc(-c3ccccc3Cl)nc3cc(Cl)ccc23)c1C. The number of nitrogens with zero attached hydrogens (tertiary/aromatic N) is 4. The van der Waals surface area contributed by atoms with E-state index < -0.39 is 0 Å². The first-order valence-corrected chi connectivity index (χ1v) is 10.8. The number of hydrogen-bond acceptors (Lipinski definition) is 3. The number of halogens is 2. The molecular formula is C24H22Cl2N4O. The molecular weight excluding hydrogens is 431 g/mol. The number of hydrogen-bond donors (Lipinski definition) is 0. The number of amides is 1. The van der Waals surface area contributed by atoms with Gasteiger partial charge in [0, 0.05) is 52.4 Å². The maximum absolute atomic E-state index is 13.5. The average Bonchev–Trinajstić information content (AvgIpc) is 3.11. The fourth-order valence-corrected chi connectivity index (χ4v) is 4.08. The van der Waals surface area contributed by atoms with Crippen LogP contribution in [0.25, 0.3) is 22.2 Å². The number of carbonyl (C=O) groups is 1. The highest BCUT2D eigenvalue weighted by Crippen LogP contribution is 2.31. The summed E-state index contributed by atoms with van der Waals surface area (Å²) in [5, 5.41) is 6.27. The van der Waals surface area contributed by atoms with Gasteiger partial charge in [0.25, 0.3) is 5.91 Å². The van der Waals surface area contributed by atoms with Gasteiger partial charge in [0.2, 0.25) is 0 Å². The molecule has 2 aromatic heterocycles. The second kappa shape index (κ2) is 8.69. The van der Waals surface area contributed by atoms with Crippen LogP contribution in [0.15, 0.2) is 54.7 Å². The Morgan fingerprint density at radius 2 is 1.90 bits per heavy atom. The molecule has 0 saturated carbocycles. The van der Waals surface area contributed by atoms with Gasteiger partial charge < -0.3 is 4.90 Å². The Morgan fingerprint density at radius 3 is 2.61 bits per heavy atom. The van der Waals surface area contributed by atoms with Gasteiger partial charge in [0.15, 0.2) is 0 Å². The Morgan fingerprint density at radius 1 is 1.13 bits per heavy atom. The molecule has 158 valence electrons. The minimum Gasteiger partial charge on any atom is -0.337 e. The van der Waals surface area contributed by atoms with Crippen LogP contribution in [0.3, 0.4) is 0 Å². The minimum atomic E-state index is -0.105. The number of benzene rings is 2. The molecule has 5 nitrogen and oxygen atoms in total. The van der Waals surface area contributed by atoms with Gasteiger partial charge in [-0.25, -0.2) is 4.98 Å². The zero-order valence-corrected chi connectivity index (χ0v) is 19.1. The lowest BCUT2D eigenvalue weighted by Crippen LogP contribution is -2.26. The molecule has 7 heteroatoms. The second-order valence-electron chi connectivity index (χ2n) is 7.43. The van der Waals surface area contributed by atoms with Crippen LogP contribution in [0, 0.1) is 6.92 Å². The summed E-state index contributed by atoms with van der Waals surface area (Å²) in [6.07, 6.45) is 1.82. The van der Waals surface area contributed by atoms with Gasteiger partial charge in [-0.15, -0.1) is 0 Å². The van der Waals surface area contributed by atoms with E-state index in [9.17, 15) is 4.79 Å². The zero-order valence-electron chi connectivity index (χ0n) is 17.6. The molecule has 31 heavy (non-hydrogen) atoms. The molecule has 0 spiro atoms. The lowest BCUT2D eigenvalue weighted by molar-refractivity contribution is 0.0787. The van der Waals surface area contributed by atoms with Gasteiger partial charge >= 0.3 is 0 Å². The molecule has 2 aromatic carbocycles. The maximum atomic E-state index is 13.5. The van der Waals surface area contributed by atoms with Crippen molar-refractivity contribution >= 4 is 40.0 Å². The van der Waals surface area contributed by atoms with Crippen molar-refractivity contribution in [2.45, 2.75) is 26.9 Å². The highest BCUT2D eigenvalue weighted by molar-refractivity contribution is 6.33. The van der Waals surface area contributed by atoms with E-state index in [0.717, 1.165) is 28.8 Å². The van der Waals surface area contributed by atoms with Crippen molar-refractivity contribution in [3.8, 4) is 11.3 Å². The summed E-state index contributed by atoms with van der Waals surface area (Å²) in [5.74, 6) is -0.105. The van der Waals surface area contributed by atoms with Crippen LogP contribution >= 0.6 is 23.2 Å². The van der Waals surface area contributed by atoms with Crippen molar-refractivity contribution in [3.63, 3.8) is 0 Å². The van der Waals surface area contributed by atoms with E-state index in [2.05, 4.69) is 5.10 Å². The van der Waals surface area contributed by atoms with Crippen molar-refractivity contribution in [1.29, 1.82) is 0 Å². The summed E-state index contributed by atoms with van der Waals surface area (Å²) in [7, 11) is 1.79. The molecule has 0 fully saturated rings. The van der Waals surface area contributed by atoms with Gasteiger partial charge in [-0.1, -0.05) is 47.5 Å². The molecule has 1 amide bonds. The van der Waals surface area contributed by atoms with Gasteiger partial charge in [-0.3, -0.25) is 9.48 Å². The molecule has 0 aliphatic rings. The van der Waals surface area contributed by atoms with Crippen molar-refractivity contribution in [2.75, 3.05) is 7.05 Å². The van der Waals surface area contributed by atoms with Gasteiger partial charge in [-0.2, -0.15) is 5.10 Å². The number of pyridine rings is 1. The predicted molar refractivity (Wildman–Crippen MR) is 126 cm³/mol. The van der Waals surface area contributed by atoms with Crippen LogP contribution in [0.5, 0.6) is 0 Å². The molecule has 4 rings (SSSR count). The van der Waals surface area contributed by atoms with Crippen LogP contribution in [0.1, 0.15) is 28.5 Å². The third-order valence-corrected chi connectivity index (χ3v) is 5.98. The lowest BCUT2D eigenvalue weighted by Gasteiger charge is -2.19. The summed E-state index contributed by atoms with van der Waals surface area (Å²) in [5.41, 5.74) is 4.68. The Bertz CT molecular complexity index is 1280. The van der Waals surface area contributed by atoms with E-state index in [1.807, 2.05) is 55.1 Å². The smallest absolute Gasteiger partial charge is 0.254 e. The second-order valence-corrected chi connectivity index (χ2v) is 8.27. The Hall–Kier alpha value is -2.89. The lowest BCUT2D eigenvalue weighted by atomic mass is 10.0. The van der Waals surface area contributed by atoms with E-state index in [-0.39, 0.29) is 5.91 Å². The standard InChI is InChI=1S/C24H22Cl2N4O/c1-4-30-15(2)16(13-27-30)14-29(3)24(31)20-12-23(19-7-5-6-8-21(19)26)28-22-11-17(25)9-10-18(20)22/h5-13H,4,14H2,1-3H3. The first-order valence-electron chi connectivity index (χ1n) is 10.0. The summed E-state index contributed by atoms with van der Waals surface area (Å²) in [6.45, 7) is 5.32. The molecule has 0 bridgehead atoms. The molecule has 2 heterocycles. The summed E-state index contributed by atoms with van der Waals surface area (Å²) < 4.78 is 1.92. The van der Waals surface area contributed by atoms with E-state index in [1.54, 1.807) is 30.1 Å². The van der Waals surface area contributed by atoms with Crippen LogP contribution in [-0.4, -0.2) is 32.6 Å².